The van der Waals surface area contributed by atoms with E-state index in [1.807, 2.05) is 17.0 Å². The van der Waals surface area contributed by atoms with E-state index in [9.17, 15) is 9.59 Å². The number of rotatable bonds is 4. The fourth-order valence-corrected chi connectivity index (χ4v) is 4.02. The van der Waals surface area contributed by atoms with Crippen LogP contribution < -0.4 is 5.73 Å². The Hall–Kier alpha value is -1.68. The van der Waals surface area contributed by atoms with Crippen molar-refractivity contribution in [1.82, 2.24) is 4.90 Å². The average molecular weight is 342 g/mol. The molecule has 1 aromatic carbocycles. The second-order valence-electron chi connectivity index (χ2n) is 8.31. The van der Waals surface area contributed by atoms with Gasteiger partial charge in [0.1, 0.15) is 0 Å². The van der Waals surface area contributed by atoms with Gasteiger partial charge >= 0.3 is 0 Å². The van der Waals surface area contributed by atoms with Crippen molar-refractivity contribution in [1.29, 1.82) is 0 Å². The van der Waals surface area contributed by atoms with Crippen LogP contribution in [0.5, 0.6) is 0 Å². The number of ketones is 1. The van der Waals surface area contributed by atoms with Crippen LogP contribution in [0.25, 0.3) is 0 Å². The molecule has 1 aliphatic heterocycles. The van der Waals surface area contributed by atoms with Gasteiger partial charge in [0.15, 0.2) is 5.78 Å². The van der Waals surface area contributed by atoms with Gasteiger partial charge in [-0.15, -0.1) is 0 Å². The van der Waals surface area contributed by atoms with Crippen LogP contribution in [0.4, 0.5) is 0 Å². The van der Waals surface area contributed by atoms with Crippen LogP contribution in [0.3, 0.4) is 0 Å². The predicted molar refractivity (Wildman–Crippen MR) is 99.6 cm³/mol. The lowest BCUT2D eigenvalue weighted by Crippen LogP contribution is -2.54. The lowest BCUT2D eigenvalue weighted by Gasteiger charge is -2.42. The molecule has 4 heteroatoms. The van der Waals surface area contributed by atoms with E-state index in [1.165, 1.54) is 24.0 Å². The van der Waals surface area contributed by atoms with Gasteiger partial charge in [-0.25, -0.2) is 0 Å². The summed E-state index contributed by atoms with van der Waals surface area (Å²) in [6.45, 7) is 5.60. The standard InChI is InChI=1S/C21H30N2O2/c1-21(2)14-23(12-11-19(21)22)20(25)10-9-18(24)17-8-7-15-5-3-4-6-16(15)13-17/h7-8,13,19H,3-6,9-12,14,22H2,1-2H3. The molecule has 1 aliphatic carbocycles. The van der Waals surface area contributed by atoms with Crippen LogP contribution in [-0.4, -0.2) is 35.7 Å². The topological polar surface area (TPSA) is 63.4 Å². The van der Waals surface area contributed by atoms with Gasteiger partial charge in [-0.1, -0.05) is 26.0 Å². The highest BCUT2D eigenvalue weighted by Gasteiger charge is 2.35. The third-order valence-corrected chi connectivity index (χ3v) is 5.90. The molecular weight excluding hydrogens is 312 g/mol. The molecule has 0 saturated carbocycles. The maximum absolute atomic E-state index is 12.5. The summed E-state index contributed by atoms with van der Waals surface area (Å²) >= 11 is 0. The number of nitrogens with two attached hydrogens (primary N) is 1. The number of aryl methyl sites for hydroxylation is 2. The Bertz CT molecular complexity index is 666. The SMILES string of the molecule is CC1(C)CN(C(=O)CCC(=O)c2ccc3c(c2)CCCC3)CCC1N. The summed E-state index contributed by atoms with van der Waals surface area (Å²) in [5.74, 6) is 0.154. The molecule has 3 rings (SSSR count). The first-order valence-corrected chi connectivity index (χ1v) is 9.55. The third kappa shape index (κ3) is 4.12. The molecule has 0 bridgehead atoms. The summed E-state index contributed by atoms with van der Waals surface area (Å²) in [5.41, 5.74) is 9.53. The normalized spacial score (nSPS) is 22.4. The molecule has 0 aromatic heterocycles. The Kier molecular flexibility index (Phi) is 5.28. The Balaban J connectivity index is 1.56. The number of hydrogen-bond donors (Lipinski definition) is 1. The Morgan fingerprint density at radius 2 is 1.88 bits per heavy atom. The maximum Gasteiger partial charge on any atom is 0.223 e. The zero-order valence-electron chi connectivity index (χ0n) is 15.5. The zero-order chi connectivity index (χ0) is 18.0. The Labute approximate surface area is 150 Å². The molecule has 4 nitrogen and oxygen atoms in total. The van der Waals surface area contributed by atoms with E-state index in [0.29, 0.717) is 25.9 Å². The minimum atomic E-state index is -0.0591. The molecule has 1 aromatic rings. The Morgan fingerprint density at radius 3 is 2.60 bits per heavy atom. The van der Waals surface area contributed by atoms with Crippen molar-refractivity contribution in [3.63, 3.8) is 0 Å². The number of hydrogen-bond acceptors (Lipinski definition) is 3. The fourth-order valence-electron chi connectivity index (χ4n) is 4.02. The van der Waals surface area contributed by atoms with E-state index in [2.05, 4.69) is 19.9 Å². The molecular formula is C21H30N2O2. The van der Waals surface area contributed by atoms with Gasteiger partial charge in [0.05, 0.1) is 0 Å². The molecule has 1 saturated heterocycles. The van der Waals surface area contributed by atoms with Crippen LogP contribution in [-0.2, 0) is 17.6 Å². The molecule has 1 fully saturated rings. The summed E-state index contributed by atoms with van der Waals surface area (Å²) in [5, 5.41) is 0. The number of benzene rings is 1. The summed E-state index contributed by atoms with van der Waals surface area (Å²) in [7, 11) is 0. The van der Waals surface area contributed by atoms with Crippen LogP contribution in [0, 0.1) is 5.41 Å². The van der Waals surface area contributed by atoms with Crippen LogP contribution in [0.2, 0.25) is 0 Å². The van der Waals surface area contributed by atoms with E-state index in [-0.39, 0.29) is 23.1 Å². The van der Waals surface area contributed by atoms with Gasteiger partial charge in [0, 0.05) is 37.5 Å². The van der Waals surface area contributed by atoms with Crippen LogP contribution >= 0.6 is 0 Å². The third-order valence-electron chi connectivity index (χ3n) is 5.90. The largest absolute Gasteiger partial charge is 0.342 e. The van der Waals surface area contributed by atoms with Crippen molar-refractivity contribution < 1.29 is 9.59 Å². The van der Waals surface area contributed by atoms with E-state index in [4.69, 9.17) is 5.73 Å². The van der Waals surface area contributed by atoms with Crippen LogP contribution in [0.15, 0.2) is 18.2 Å². The van der Waals surface area contributed by atoms with E-state index in [0.717, 1.165) is 24.8 Å². The summed E-state index contributed by atoms with van der Waals surface area (Å²) < 4.78 is 0. The van der Waals surface area contributed by atoms with E-state index in [1.54, 1.807) is 0 Å². The first-order chi connectivity index (χ1) is 11.9. The highest BCUT2D eigenvalue weighted by molar-refractivity contribution is 5.98. The summed E-state index contributed by atoms with van der Waals surface area (Å²) in [6.07, 6.45) is 6.05. The minimum absolute atomic E-state index is 0.0591. The van der Waals surface area contributed by atoms with Gasteiger partial charge < -0.3 is 10.6 Å². The summed E-state index contributed by atoms with van der Waals surface area (Å²) in [4.78, 5) is 26.9. The average Bonchev–Trinajstić information content (AvgIpc) is 2.61. The maximum atomic E-state index is 12.5. The number of Topliss-reactive ketones (excluding diaryl/α,β-unsaturated/α-hetero) is 1. The van der Waals surface area contributed by atoms with E-state index < -0.39 is 0 Å². The van der Waals surface area contributed by atoms with Gasteiger partial charge in [0.2, 0.25) is 5.91 Å². The Morgan fingerprint density at radius 1 is 1.16 bits per heavy atom. The molecule has 1 atom stereocenters. The number of carbonyl (C=O) groups excluding carboxylic acids is 2. The van der Waals surface area contributed by atoms with Gasteiger partial charge in [-0.05, 0) is 54.7 Å². The van der Waals surface area contributed by atoms with Crippen molar-refractivity contribution in [2.45, 2.75) is 64.8 Å². The summed E-state index contributed by atoms with van der Waals surface area (Å²) in [6, 6.07) is 6.20. The molecule has 1 heterocycles. The number of amides is 1. The number of piperidine rings is 1. The quantitative estimate of drug-likeness (QED) is 0.855. The van der Waals surface area contributed by atoms with Gasteiger partial charge in [-0.2, -0.15) is 0 Å². The highest BCUT2D eigenvalue weighted by atomic mass is 16.2. The van der Waals surface area contributed by atoms with Gasteiger partial charge in [-0.3, -0.25) is 9.59 Å². The zero-order valence-corrected chi connectivity index (χ0v) is 15.5. The number of nitrogens with zero attached hydrogens (tertiary/aromatic N) is 1. The molecule has 2 N–H and O–H groups in total. The smallest absolute Gasteiger partial charge is 0.223 e. The predicted octanol–water partition coefficient (Wildman–Crippen LogP) is 3.11. The molecule has 25 heavy (non-hydrogen) atoms. The molecule has 0 radical (unpaired) electrons. The number of carbonyl (C=O) groups is 2. The van der Waals surface area contributed by atoms with Crippen molar-refractivity contribution in [3.8, 4) is 0 Å². The van der Waals surface area contributed by atoms with E-state index >= 15 is 0 Å². The molecule has 1 amide bonds. The first kappa shape index (κ1) is 18.1. The number of likely N-dealkylation sites (tertiary alicyclic amines) is 1. The lowest BCUT2D eigenvalue weighted by molar-refractivity contribution is -0.134. The highest BCUT2D eigenvalue weighted by Crippen LogP contribution is 2.28. The molecule has 136 valence electrons. The molecule has 0 spiro atoms. The van der Waals surface area contributed by atoms with Crippen molar-refractivity contribution >= 4 is 11.7 Å². The second-order valence-corrected chi connectivity index (χ2v) is 8.31. The van der Waals surface area contributed by atoms with Gasteiger partial charge in [0.25, 0.3) is 0 Å². The number of fused-ring (bicyclic) bond motifs is 1. The van der Waals surface area contributed by atoms with Crippen molar-refractivity contribution in [2.24, 2.45) is 11.1 Å². The first-order valence-electron chi connectivity index (χ1n) is 9.55. The monoisotopic (exact) mass is 342 g/mol. The molecule has 1 unspecified atom stereocenters. The van der Waals surface area contributed by atoms with Crippen molar-refractivity contribution in [3.05, 3.63) is 34.9 Å². The second kappa shape index (κ2) is 7.28. The molecule has 2 aliphatic rings. The minimum Gasteiger partial charge on any atom is -0.342 e. The fraction of sp³-hybridized carbons (Fsp3) is 0.619. The van der Waals surface area contributed by atoms with Crippen LogP contribution in [0.1, 0.15) is 67.4 Å². The lowest BCUT2D eigenvalue weighted by atomic mass is 9.79. The van der Waals surface area contributed by atoms with Crippen molar-refractivity contribution in [2.75, 3.05) is 13.1 Å².